The van der Waals surface area contributed by atoms with Gasteiger partial charge in [-0.05, 0) is 43.3 Å². The van der Waals surface area contributed by atoms with Gasteiger partial charge in [0.05, 0.1) is 26.8 Å². The summed E-state index contributed by atoms with van der Waals surface area (Å²) in [6.07, 6.45) is -4.44. The Kier molecular flexibility index (Phi) is 5.25. The van der Waals surface area contributed by atoms with Crippen LogP contribution >= 0.6 is 11.3 Å². The van der Waals surface area contributed by atoms with Crippen molar-refractivity contribution in [2.24, 2.45) is 7.05 Å². The van der Waals surface area contributed by atoms with Crippen molar-refractivity contribution in [3.63, 3.8) is 0 Å². The summed E-state index contributed by atoms with van der Waals surface area (Å²) in [5.74, 6) is -1.32. The molecule has 1 amide bonds. The number of hydrogen-bond acceptors (Lipinski definition) is 6. The quantitative estimate of drug-likeness (QED) is 0.410. The van der Waals surface area contributed by atoms with Gasteiger partial charge >= 0.3 is 12.1 Å². The van der Waals surface area contributed by atoms with E-state index < -0.39 is 29.7 Å². The Morgan fingerprint density at radius 3 is 2.56 bits per heavy atom. The molecule has 2 heterocycles. The molecule has 166 valence electrons. The lowest BCUT2D eigenvalue weighted by Gasteiger charge is -2.09. The van der Waals surface area contributed by atoms with Crippen molar-refractivity contribution >= 4 is 55.5 Å². The summed E-state index contributed by atoms with van der Waals surface area (Å²) < 4.78 is 40.9. The summed E-state index contributed by atoms with van der Waals surface area (Å²) in [5.41, 5.74) is 1.10. The molecule has 0 aliphatic rings. The number of imidazole rings is 1. The number of halogens is 3. The average Bonchev–Trinajstić information content (AvgIpc) is 3.26. The van der Waals surface area contributed by atoms with Crippen molar-refractivity contribution in [1.82, 2.24) is 19.9 Å². The molecular formula is C20H16F3N5O3S. The Balaban J connectivity index is 1.61. The molecule has 0 fully saturated rings. The smallest absolute Gasteiger partial charge is 0.416 e. The number of thiazole rings is 1. The number of fused-ring (bicyclic) bond motifs is 2. The van der Waals surface area contributed by atoms with Gasteiger partial charge in [-0.15, -0.1) is 0 Å². The largest absolute Gasteiger partial charge is 0.480 e. The number of carbonyl (C=O) groups is 2. The fourth-order valence-corrected chi connectivity index (χ4v) is 3.94. The van der Waals surface area contributed by atoms with Gasteiger partial charge < -0.3 is 20.3 Å². The van der Waals surface area contributed by atoms with Gasteiger partial charge in [-0.25, -0.2) is 9.97 Å². The van der Waals surface area contributed by atoms with E-state index in [0.29, 0.717) is 32.3 Å². The van der Waals surface area contributed by atoms with Crippen LogP contribution in [0.4, 0.5) is 24.3 Å². The molecule has 2 aromatic carbocycles. The number of aliphatic carboxylic acids is 1. The van der Waals surface area contributed by atoms with Crippen molar-refractivity contribution in [1.29, 1.82) is 0 Å². The first-order valence-corrected chi connectivity index (χ1v) is 10.1. The Hall–Kier alpha value is -3.67. The molecule has 3 N–H and O–H groups in total. The third-order valence-electron chi connectivity index (χ3n) is 4.80. The molecule has 0 radical (unpaired) electrons. The summed E-state index contributed by atoms with van der Waals surface area (Å²) in [6.45, 7) is 1.36. The topological polar surface area (TPSA) is 109 Å². The minimum Gasteiger partial charge on any atom is -0.480 e. The van der Waals surface area contributed by atoms with Crippen molar-refractivity contribution in [3.8, 4) is 0 Å². The molecule has 0 bridgehead atoms. The van der Waals surface area contributed by atoms with E-state index >= 15 is 0 Å². The predicted octanol–water partition coefficient (Wildman–Crippen LogP) is 4.15. The zero-order chi connectivity index (χ0) is 23.2. The van der Waals surface area contributed by atoms with Crippen LogP contribution in [0.5, 0.6) is 0 Å². The van der Waals surface area contributed by atoms with E-state index in [4.69, 9.17) is 5.11 Å². The molecule has 0 spiro atoms. The molecular weight excluding hydrogens is 447 g/mol. The summed E-state index contributed by atoms with van der Waals surface area (Å²) >= 11 is 1.06. The predicted molar refractivity (Wildman–Crippen MR) is 113 cm³/mol. The molecule has 2 aromatic heterocycles. The highest BCUT2D eigenvalue weighted by Crippen LogP contribution is 2.35. The summed E-state index contributed by atoms with van der Waals surface area (Å²) in [7, 11) is 1.74. The van der Waals surface area contributed by atoms with Gasteiger partial charge in [-0.2, -0.15) is 13.2 Å². The molecule has 1 atom stereocenters. The molecule has 4 rings (SSSR count). The van der Waals surface area contributed by atoms with E-state index in [1.165, 1.54) is 19.1 Å². The zero-order valence-corrected chi connectivity index (χ0v) is 17.5. The fourth-order valence-electron chi connectivity index (χ4n) is 3.04. The number of amides is 1. The third kappa shape index (κ3) is 4.08. The first kappa shape index (κ1) is 21.6. The maximum absolute atomic E-state index is 12.9. The normalized spacial score (nSPS) is 12.8. The van der Waals surface area contributed by atoms with Gasteiger partial charge in [-0.3, -0.25) is 9.59 Å². The van der Waals surface area contributed by atoms with Crippen LogP contribution in [0.1, 0.15) is 22.8 Å². The van der Waals surface area contributed by atoms with Crippen LogP contribution < -0.4 is 10.6 Å². The Bertz CT molecular complexity index is 1360. The number of hydrogen-bond donors (Lipinski definition) is 3. The second-order valence-electron chi connectivity index (χ2n) is 7.06. The summed E-state index contributed by atoms with van der Waals surface area (Å²) in [5, 5.41) is 14.7. The van der Waals surface area contributed by atoms with E-state index in [0.717, 1.165) is 23.5 Å². The lowest BCUT2D eigenvalue weighted by molar-refractivity contribution is -0.139. The maximum Gasteiger partial charge on any atom is 0.416 e. The lowest BCUT2D eigenvalue weighted by atomic mass is 10.1. The lowest BCUT2D eigenvalue weighted by Crippen LogP contribution is -2.38. The van der Waals surface area contributed by atoms with Crippen molar-refractivity contribution in [3.05, 3.63) is 47.5 Å². The number of anilines is 2. The highest BCUT2D eigenvalue weighted by molar-refractivity contribution is 7.22. The minimum absolute atomic E-state index is 0.245. The van der Waals surface area contributed by atoms with Gasteiger partial charge in [-0.1, -0.05) is 11.3 Å². The summed E-state index contributed by atoms with van der Waals surface area (Å²) in [6, 6.07) is 7.05. The number of aryl methyl sites for hydroxylation is 1. The first-order valence-electron chi connectivity index (χ1n) is 9.28. The molecule has 32 heavy (non-hydrogen) atoms. The van der Waals surface area contributed by atoms with Crippen LogP contribution in [0.15, 0.2) is 36.4 Å². The summed E-state index contributed by atoms with van der Waals surface area (Å²) in [4.78, 5) is 31.9. The number of benzene rings is 2. The van der Waals surface area contributed by atoms with E-state index in [1.54, 1.807) is 23.7 Å². The van der Waals surface area contributed by atoms with Crippen LogP contribution in [0.25, 0.3) is 21.3 Å². The highest BCUT2D eigenvalue weighted by atomic mass is 32.1. The van der Waals surface area contributed by atoms with Gasteiger partial charge in [0.25, 0.3) is 5.91 Å². The number of nitrogens with one attached hydrogen (secondary N) is 2. The first-order chi connectivity index (χ1) is 15.0. The van der Waals surface area contributed by atoms with Crippen LogP contribution in [0.3, 0.4) is 0 Å². The van der Waals surface area contributed by atoms with E-state index in [1.807, 2.05) is 0 Å². The van der Waals surface area contributed by atoms with Gasteiger partial charge in [0.2, 0.25) is 5.95 Å². The zero-order valence-electron chi connectivity index (χ0n) is 16.7. The number of carboxylic acid groups (broad SMARTS) is 1. The van der Waals surface area contributed by atoms with Gasteiger partial charge in [0.1, 0.15) is 6.04 Å². The number of nitrogens with zero attached hydrogens (tertiary/aromatic N) is 3. The van der Waals surface area contributed by atoms with Gasteiger partial charge in [0.15, 0.2) is 5.13 Å². The second-order valence-corrected chi connectivity index (χ2v) is 8.09. The highest BCUT2D eigenvalue weighted by Gasteiger charge is 2.30. The van der Waals surface area contributed by atoms with Crippen LogP contribution in [0, 0.1) is 0 Å². The molecule has 4 aromatic rings. The molecule has 0 unspecified atom stereocenters. The second kappa shape index (κ2) is 7.79. The van der Waals surface area contributed by atoms with Crippen LogP contribution in [-0.2, 0) is 18.0 Å². The number of aromatic nitrogens is 3. The standard InChI is InChI=1S/C20H16F3N5O3S/c1-9(17(30)31)24-16(29)10-3-6-14-13(7-10)25-18(28(14)2)27-19-26-12-5-4-11(20(21,22)23)8-15(12)32-19/h3-9H,1-2H3,(H,24,29)(H,30,31)(H,25,26,27)/t9-/m0/s1. The molecule has 12 heteroatoms. The molecule has 0 saturated carbocycles. The molecule has 8 nitrogen and oxygen atoms in total. The van der Waals surface area contributed by atoms with Crippen molar-refractivity contribution < 1.29 is 27.9 Å². The van der Waals surface area contributed by atoms with Crippen molar-refractivity contribution in [2.75, 3.05) is 5.32 Å². The molecule has 0 saturated heterocycles. The van der Waals surface area contributed by atoms with Gasteiger partial charge in [0, 0.05) is 12.6 Å². The number of carboxylic acids is 1. The number of carbonyl (C=O) groups excluding carboxylic acids is 1. The fraction of sp³-hybridized carbons (Fsp3) is 0.200. The maximum atomic E-state index is 12.9. The Morgan fingerprint density at radius 1 is 1.12 bits per heavy atom. The molecule has 0 aliphatic carbocycles. The number of rotatable bonds is 5. The van der Waals surface area contributed by atoms with Crippen LogP contribution in [-0.4, -0.2) is 37.6 Å². The number of alkyl halides is 3. The Labute approximate surface area is 182 Å². The van der Waals surface area contributed by atoms with Crippen molar-refractivity contribution in [2.45, 2.75) is 19.1 Å². The Morgan fingerprint density at radius 2 is 1.88 bits per heavy atom. The van der Waals surface area contributed by atoms with Crippen LogP contribution in [0.2, 0.25) is 0 Å². The van der Waals surface area contributed by atoms with E-state index in [-0.39, 0.29) is 5.56 Å². The molecule has 0 aliphatic heterocycles. The third-order valence-corrected chi connectivity index (χ3v) is 5.73. The SMILES string of the molecule is C[C@H](NC(=O)c1ccc2c(c1)nc(Nc1nc3ccc(C(F)(F)F)cc3s1)n2C)C(=O)O. The van der Waals surface area contributed by atoms with E-state index in [2.05, 4.69) is 20.6 Å². The van der Waals surface area contributed by atoms with E-state index in [9.17, 15) is 22.8 Å². The monoisotopic (exact) mass is 463 g/mol. The minimum atomic E-state index is -4.44. The average molecular weight is 463 g/mol.